The van der Waals surface area contributed by atoms with Crippen LogP contribution in [0.2, 0.25) is 0 Å². The van der Waals surface area contributed by atoms with Crippen molar-refractivity contribution < 1.29 is 0 Å². The molecule has 9 aromatic rings. The number of fused-ring (bicyclic) bond motifs is 12. The molecule has 0 amide bonds. The smallest absolute Gasteiger partial charge is 0.164 e. The zero-order chi connectivity index (χ0) is 25.5. The monoisotopic (exact) mass is 498 g/mol. The molecule has 0 spiro atoms. The first-order valence-electron chi connectivity index (χ1n) is 13.3. The first-order valence-corrected chi connectivity index (χ1v) is 13.3. The Bertz CT molecular complexity index is 2390. The zero-order valence-electron chi connectivity index (χ0n) is 21.0. The molecule has 9 rings (SSSR count). The molecule has 0 saturated heterocycles. The van der Waals surface area contributed by atoms with Gasteiger partial charge in [0.25, 0.3) is 0 Å². The SMILES string of the molecule is c1ccc(-c2cccc(-n3c4ccccc4c4c3n3c5ccccc5nc3c3cc5ccccc5n34)c2)cc1. The van der Waals surface area contributed by atoms with E-state index < -0.39 is 0 Å². The van der Waals surface area contributed by atoms with Gasteiger partial charge in [-0.3, -0.25) is 8.97 Å². The highest BCUT2D eigenvalue weighted by Crippen LogP contribution is 2.39. The molecule has 0 fully saturated rings. The van der Waals surface area contributed by atoms with Crippen molar-refractivity contribution in [3.63, 3.8) is 0 Å². The van der Waals surface area contributed by atoms with Gasteiger partial charge in [-0.15, -0.1) is 0 Å². The van der Waals surface area contributed by atoms with Gasteiger partial charge in [0.15, 0.2) is 5.65 Å². The van der Waals surface area contributed by atoms with Gasteiger partial charge in [-0.05, 0) is 53.6 Å². The molecule has 182 valence electrons. The van der Waals surface area contributed by atoms with Gasteiger partial charge < -0.3 is 4.40 Å². The number of imidazole rings is 1. The molecule has 0 aliphatic heterocycles. The Hall–Kier alpha value is -5.35. The van der Waals surface area contributed by atoms with Crippen molar-refractivity contribution in [3.8, 4) is 16.8 Å². The van der Waals surface area contributed by atoms with Gasteiger partial charge in [-0.1, -0.05) is 91.0 Å². The summed E-state index contributed by atoms with van der Waals surface area (Å²) in [6, 6.07) is 47.5. The number of hydrogen-bond donors (Lipinski definition) is 0. The van der Waals surface area contributed by atoms with Gasteiger partial charge in [0.05, 0.1) is 33.1 Å². The molecule has 0 saturated carbocycles. The maximum Gasteiger partial charge on any atom is 0.164 e. The highest BCUT2D eigenvalue weighted by atomic mass is 15.2. The highest BCUT2D eigenvalue weighted by molar-refractivity contribution is 6.12. The summed E-state index contributed by atoms with van der Waals surface area (Å²) >= 11 is 0. The average molecular weight is 499 g/mol. The van der Waals surface area contributed by atoms with Gasteiger partial charge in [-0.2, -0.15) is 0 Å². The number of aromatic nitrogens is 4. The topological polar surface area (TPSA) is 26.6 Å². The van der Waals surface area contributed by atoms with E-state index in [9.17, 15) is 0 Å². The van der Waals surface area contributed by atoms with Crippen LogP contribution in [0.4, 0.5) is 0 Å². The number of hydrogen-bond acceptors (Lipinski definition) is 1. The summed E-state index contributed by atoms with van der Waals surface area (Å²) < 4.78 is 7.17. The first kappa shape index (κ1) is 20.7. The minimum absolute atomic E-state index is 0.961. The summed E-state index contributed by atoms with van der Waals surface area (Å²) in [5, 5.41) is 2.42. The summed E-state index contributed by atoms with van der Waals surface area (Å²) in [4.78, 5) is 5.19. The van der Waals surface area contributed by atoms with Crippen LogP contribution in [-0.2, 0) is 0 Å². The van der Waals surface area contributed by atoms with Crippen molar-refractivity contribution in [1.29, 1.82) is 0 Å². The van der Waals surface area contributed by atoms with Gasteiger partial charge in [-0.25, -0.2) is 4.98 Å². The third-order valence-corrected chi connectivity index (χ3v) is 7.97. The number of nitrogens with zero attached hydrogens (tertiary/aromatic N) is 4. The van der Waals surface area contributed by atoms with E-state index in [1.54, 1.807) is 0 Å². The van der Waals surface area contributed by atoms with Crippen LogP contribution in [0.15, 0.2) is 133 Å². The van der Waals surface area contributed by atoms with E-state index >= 15 is 0 Å². The molecule has 0 aliphatic rings. The highest BCUT2D eigenvalue weighted by Gasteiger charge is 2.23. The van der Waals surface area contributed by atoms with Crippen molar-refractivity contribution in [3.05, 3.63) is 133 Å². The van der Waals surface area contributed by atoms with E-state index in [0.717, 1.165) is 33.5 Å². The maximum atomic E-state index is 5.19. The molecule has 0 atom stereocenters. The lowest BCUT2D eigenvalue weighted by Crippen LogP contribution is -2.02. The Labute approximate surface area is 223 Å². The Morgan fingerprint density at radius 1 is 0.487 bits per heavy atom. The Morgan fingerprint density at radius 3 is 2.10 bits per heavy atom. The fraction of sp³-hybridized carbons (Fsp3) is 0. The molecule has 0 N–H and O–H groups in total. The molecule has 0 bridgehead atoms. The molecule has 4 aromatic heterocycles. The maximum absolute atomic E-state index is 5.19. The van der Waals surface area contributed by atoms with Crippen LogP contribution >= 0.6 is 0 Å². The summed E-state index contributed by atoms with van der Waals surface area (Å²) in [6.45, 7) is 0. The number of rotatable bonds is 2. The molecule has 0 radical (unpaired) electrons. The Kier molecular flexibility index (Phi) is 4.02. The lowest BCUT2D eigenvalue weighted by molar-refractivity contribution is 1.10. The quantitative estimate of drug-likeness (QED) is 0.234. The predicted molar refractivity (Wildman–Crippen MR) is 161 cm³/mol. The van der Waals surface area contributed by atoms with E-state index in [2.05, 4.69) is 147 Å². The molecule has 39 heavy (non-hydrogen) atoms. The van der Waals surface area contributed by atoms with E-state index in [1.807, 2.05) is 0 Å². The molecular formula is C35H22N4. The Balaban J connectivity index is 1.56. The largest absolute Gasteiger partial charge is 0.302 e. The fourth-order valence-electron chi connectivity index (χ4n) is 6.32. The second-order valence-corrected chi connectivity index (χ2v) is 10.1. The molecule has 4 nitrogen and oxygen atoms in total. The predicted octanol–water partition coefficient (Wildman–Crippen LogP) is 8.66. The number of para-hydroxylation sites is 4. The van der Waals surface area contributed by atoms with Crippen LogP contribution in [0.3, 0.4) is 0 Å². The van der Waals surface area contributed by atoms with E-state index in [1.165, 1.54) is 38.4 Å². The van der Waals surface area contributed by atoms with Crippen LogP contribution in [0.1, 0.15) is 0 Å². The van der Waals surface area contributed by atoms with E-state index in [-0.39, 0.29) is 0 Å². The van der Waals surface area contributed by atoms with Gasteiger partial charge >= 0.3 is 0 Å². The summed E-state index contributed by atoms with van der Waals surface area (Å²) in [6.07, 6.45) is 0. The summed E-state index contributed by atoms with van der Waals surface area (Å²) in [7, 11) is 0. The lowest BCUT2D eigenvalue weighted by Gasteiger charge is -2.12. The normalized spacial score (nSPS) is 12.1. The second-order valence-electron chi connectivity index (χ2n) is 10.1. The van der Waals surface area contributed by atoms with E-state index in [0.29, 0.717) is 0 Å². The molecule has 0 aliphatic carbocycles. The minimum Gasteiger partial charge on any atom is -0.302 e. The van der Waals surface area contributed by atoms with Gasteiger partial charge in [0.1, 0.15) is 5.65 Å². The van der Waals surface area contributed by atoms with Crippen molar-refractivity contribution in [2.45, 2.75) is 0 Å². The van der Waals surface area contributed by atoms with Crippen LogP contribution in [-0.4, -0.2) is 18.4 Å². The fourth-order valence-corrected chi connectivity index (χ4v) is 6.32. The molecule has 5 aromatic carbocycles. The third kappa shape index (κ3) is 2.75. The number of benzene rings is 5. The molecule has 0 unspecified atom stereocenters. The van der Waals surface area contributed by atoms with Gasteiger partial charge in [0, 0.05) is 16.5 Å². The standard InChI is InChI=1S/C35H22N4/c1-2-11-23(12-3-1)24-14-10-15-26(21-24)37-30-19-8-5-16-27(30)33-35(37)39-31-20-9-6-17-28(31)36-34(39)32-22-25-13-4-7-18-29(25)38(32)33/h1-22H. The minimum atomic E-state index is 0.961. The zero-order valence-corrected chi connectivity index (χ0v) is 21.0. The van der Waals surface area contributed by atoms with Crippen LogP contribution in [0.5, 0.6) is 0 Å². The van der Waals surface area contributed by atoms with Crippen molar-refractivity contribution >= 4 is 55.2 Å². The van der Waals surface area contributed by atoms with Crippen LogP contribution < -0.4 is 0 Å². The summed E-state index contributed by atoms with van der Waals surface area (Å²) in [5.74, 6) is 0. The lowest BCUT2D eigenvalue weighted by atomic mass is 10.1. The second kappa shape index (κ2) is 7.59. The van der Waals surface area contributed by atoms with Crippen LogP contribution in [0.25, 0.3) is 72.0 Å². The average Bonchev–Trinajstić information content (AvgIpc) is 3.67. The third-order valence-electron chi connectivity index (χ3n) is 7.97. The Morgan fingerprint density at radius 2 is 1.21 bits per heavy atom. The molecule has 4 heteroatoms. The van der Waals surface area contributed by atoms with Gasteiger partial charge in [0.2, 0.25) is 0 Å². The summed E-state index contributed by atoms with van der Waals surface area (Å²) in [5.41, 5.74) is 12.3. The van der Waals surface area contributed by atoms with Crippen molar-refractivity contribution in [1.82, 2.24) is 18.4 Å². The first-order chi connectivity index (χ1) is 19.4. The van der Waals surface area contributed by atoms with Crippen molar-refractivity contribution in [2.75, 3.05) is 0 Å². The van der Waals surface area contributed by atoms with Crippen molar-refractivity contribution in [2.24, 2.45) is 0 Å². The van der Waals surface area contributed by atoms with Crippen LogP contribution in [0, 0.1) is 0 Å². The molecule has 4 heterocycles. The van der Waals surface area contributed by atoms with E-state index in [4.69, 9.17) is 4.98 Å². The molecular weight excluding hydrogens is 476 g/mol.